The van der Waals surface area contributed by atoms with Crippen LogP contribution in [0.1, 0.15) is 19.8 Å². The van der Waals surface area contributed by atoms with E-state index >= 15 is 0 Å². The Morgan fingerprint density at radius 3 is 2.86 bits per heavy atom. The molecule has 2 atom stereocenters. The van der Waals surface area contributed by atoms with Crippen LogP contribution in [0.5, 0.6) is 0 Å². The minimum atomic E-state index is -0.132. The zero-order chi connectivity index (χ0) is 14.7. The van der Waals surface area contributed by atoms with Crippen LogP contribution in [0.15, 0.2) is 42.5 Å². The minimum absolute atomic E-state index is 0.132. The Morgan fingerprint density at radius 2 is 2.00 bits per heavy atom. The van der Waals surface area contributed by atoms with E-state index in [4.69, 9.17) is 0 Å². The number of anilines is 1. The molecule has 2 aromatic carbocycles. The maximum absolute atomic E-state index is 12.2. The highest BCUT2D eigenvalue weighted by Gasteiger charge is 2.22. The summed E-state index contributed by atoms with van der Waals surface area (Å²) in [6, 6.07) is 14.4. The van der Waals surface area contributed by atoms with Gasteiger partial charge in [0.15, 0.2) is 0 Å². The molecule has 0 radical (unpaired) electrons. The van der Waals surface area contributed by atoms with E-state index in [9.17, 15) is 4.79 Å². The van der Waals surface area contributed by atoms with E-state index in [0.29, 0.717) is 6.04 Å². The molecule has 1 aliphatic rings. The highest BCUT2D eigenvalue weighted by molar-refractivity contribution is 6.01. The third kappa shape index (κ3) is 3.16. The number of carbonyl (C=O) groups excluding carboxylic acids is 1. The van der Waals surface area contributed by atoms with Gasteiger partial charge in [-0.2, -0.15) is 0 Å². The number of nitrogens with one attached hydrogen (secondary N) is 3. The molecule has 1 fully saturated rings. The third-order valence-corrected chi connectivity index (χ3v) is 4.12. The molecule has 110 valence electrons. The average molecular weight is 283 g/mol. The van der Waals surface area contributed by atoms with Gasteiger partial charge < -0.3 is 16.0 Å². The Kier molecular flexibility index (Phi) is 4.06. The molecule has 1 heterocycles. The SMILES string of the molecule is CC1NCCCC1NC(=O)Nc1cccc2ccccc12. The summed E-state index contributed by atoms with van der Waals surface area (Å²) in [5.41, 5.74) is 0.849. The molecular formula is C17H21N3O. The molecule has 3 N–H and O–H groups in total. The lowest BCUT2D eigenvalue weighted by molar-refractivity contribution is 0.239. The second kappa shape index (κ2) is 6.14. The van der Waals surface area contributed by atoms with Crippen molar-refractivity contribution in [1.82, 2.24) is 10.6 Å². The highest BCUT2D eigenvalue weighted by Crippen LogP contribution is 2.22. The lowest BCUT2D eigenvalue weighted by atomic mass is 10.0. The van der Waals surface area contributed by atoms with Crippen molar-refractivity contribution in [3.8, 4) is 0 Å². The number of fused-ring (bicyclic) bond motifs is 1. The summed E-state index contributed by atoms with van der Waals surface area (Å²) in [5.74, 6) is 0. The molecule has 2 aromatic rings. The molecule has 0 aromatic heterocycles. The number of piperidine rings is 1. The predicted molar refractivity (Wildman–Crippen MR) is 86.6 cm³/mol. The molecule has 2 unspecified atom stereocenters. The van der Waals surface area contributed by atoms with Crippen LogP contribution in [-0.4, -0.2) is 24.7 Å². The lowest BCUT2D eigenvalue weighted by Crippen LogP contribution is -2.52. The van der Waals surface area contributed by atoms with Gasteiger partial charge in [-0.3, -0.25) is 0 Å². The first-order valence-corrected chi connectivity index (χ1v) is 7.53. The average Bonchev–Trinajstić information content (AvgIpc) is 2.50. The van der Waals surface area contributed by atoms with Crippen LogP contribution < -0.4 is 16.0 Å². The standard InChI is InChI=1S/C17H21N3O/c1-12-15(10-5-11-18-12)19-17(21)20-16-9-4-7-13-6-2-3-8-14(13)16/h2-4,6-9,12,15,18H,5,10-11H2,1H3,(H2,19,20,21). The maximum Gasteiger partial charge on any atom is 0.319 e. The zero-order valence-electron chi connectivity index (χ0n) is 12.2. The number of carbonyl (C=O) groups is 1. The van der Waals surface area contributed by atoms with Gasteiger partial charge in [0.2, 0.25) is 0 Å². The number of rotatable bonds is 2. The van der Waals surface area contributed by atoms with Gasteiger partial charge in [0, 0.05) is 17.5 Å². The molecule has 1 saturated heterocycles. The number of hydrogen-bond acceptors (Lipinski definition) is 2. The Bertz CT molecular complexity index is 635. The van der Waals surface area contributed by atoms with Gasteiger partial charge in [0.1, 0.15) is 0 Å². The van der Waals surface area contributed by atoms with Crippen molar-refractivity contribution < 1.29 is 4.79 Å². The first-order chi connectivity index (χ1) is 10.2. The van der Waals surface area contributed by atoms with E-state index in [1.165, 1.54) is 0 Å². The molecule has 4 heteroatoms. The van der Waals surface area contributed by atoms with E-state index in [2.05, 4.69) is 22.9 Å². The van der Waals surface area contributed by atoms with Crippen molar-refractivity contribution in [2.75, 3.05) is 11.9 Å². The van der Waals surface area contributed by atoms with E-state index in [0.717, 1.165) is 35.8 Å². The Labute approximate surface area is 124 Å². The van der Waals surface area contributed by atoms with E-state index < -0.39 is 0 Å². The van der Waals surface area contributed by atoms with Gasteiger partial charge in [-0.05, 0) is 37.8 Å². The molecule has 0 saturated carbocycles. The second-order valence-corrected chi connectivity index (χ2v) is 5.62. The summed E-state index contributed by atoms with van der Waals surface area (Å²) in [6.45, 7) is 3.15. The topological polar surface area (TPSA) is 53.2 Å². The molecule has 0 spiro atoms. The van der Waals surface area contributed by atoms with Gasteiger partial charge >= 0.3 is 6.03 Å². The molecule has 0 bridgehead atoms. The van der Waals surface area contributed by atoms with Crippen LogP contribution in [-0.2, 0) is 0 Å². The Balaban J connectivity index is 1.71. The largest absolute Gasteiger partial charge is 0.334 e. The van der Waals surface area contributed by atoms with Crippen LogP contribution in [0.3, 0.4) is 0 Å². The second-order valence-electron chi connectivity index (χ2n) is 5.62. The fourth-order valence-corrected chi connectivity index (χ4v) is 2.90. The van der Waals surface area contributed by atoms with Gasteiger partial charge in [-0.1, -0.05) is 36.4 Å². The van der Waals surface area contributed by atoms with Crippen molar-refractivity contribution >= 4 is 22.5 Å². The van der Waals surface area contributed by atoms with Crippen LogP contribution in [0.25, 0.3) is 10.8 Å². The van der Waals surface area contributed by atoms with Crippen LogP contribution in [0.2, 0.25) is 0 Å². The van der Waals surface area contributed by atoms with E-state index in [1.54, 1.807) is 0 Å². The van der Waals surface area contributed by atoms with Crippen molar-refractivity contribution in [3.05, 3.63) is 42.5 Å². The van der Waals surface area contributed by atoms with Crippen molar-refractivity contribution in [2.24, 2.45) is 0 Å². The summed E-state index contributed by atoms with van der Waals surface area (Å²) in [6.07, 6.45) is 2.13. The fraction of sp³-hybridized carbons (Fsp3) is 0.353. The third-order valence-electron chi connectivity index (χ3n) is 4.12. The van der Waals surface area contributed by atoms with Gasteiger partial charge in [0.25, 0.3) is 0 Å². The van der Waals surface area contributed by atoms with Crippen LogP contribution in [0, 0.1) is 0 Å². The van der Waals surface area contributed by atoms with Crippen molar-refractivity contribution in [1.29, 1.82) is 0 Å². The predicted octanol–water partition coefficient (Wildman–Crippen LogP) is 3.10. The first kappa shape index (κ1) is 13.9. The fourth-order valence-electron chi connectivity index (χ4n) is 2.90. The van der Waals surface area contributed by atoms with E-state index in [-0.39, 0.29) is 12.1 Å². The Hall–Kier alpha value is -2.07. The maximum atomic E-state index is 12.2. The molecule has 1 aliphatic heterocycles. The summed E-state index contributed by atoms with van der Waals surface area (Å²) < 4.78 is 0. The van der Waals surface area contributed by atoms with Gasteiger partial charge in [-0.25, -0.2) is 4.79 Å². The first-order valence-electron chi connectivity index (χ1n) is 7.53. The quantitative estimate of drug-likeness (QED) is 0.793. The summed E-state index contributed by atoms with van der Waals surface area (Å²) >= 11 is 0. The number of urea groups is 1. The van der Waals surface area contributed by atoms with Crippen LogP contribution >= 0.6 is 0 Å². The monoisotopic (exact) mass is 283 g/mol. The molecule has 3 rings (SSSR count). The zero-order valence-corrected chi connectivity index (χ0v) is 12.2. The number of hydrogen-bond donors (Lipinski definition) is 3. The summed E-state index contributed by atoms with van der Waals surface area (Å²) in [7, 11) is 0. The molecular weight excluding hydrogens is 262 g/mol. The van der Waals surface area contributed by atoms with Crippen molar-refractivity contribution in [2.45, 2.75) is 31.8 Å². The number of benzene rings is 2. The summed E-state index contributed by atoms with van der Waals surface area (Å²) in [5, 5.41) is 11.6. The molecule has 0 aliphatic carbocycles. The minimum Gasteiger partial charge on any atom is -0.334 e. The van der Waals surface area contributed by atoms with Crippen molar-refractivity contribution in [3.63, 3.8) is 0 Å². The molecule has 4 nitrogen and oxygen atoms in total. The molecule has 2 amide bonds. The smallest absolute Gasteiger partial charge is 0.319 e. The normalized spacial score (nSPS) is 22.0. The van der Waals surface area contributed by atoms with E-state index in [1.807, 2.05) is 42.5 Å². The Morgan fingerprint density at radius 1 is 1.19 bits per heavy atom. The van der Waals surface area contributed by atoms with Gasteiger partial charge in [0.05, 0.1) is 5.69 Å². The highest BCUT2D eigenvalue weighted by atomic mass is 16.2. The lowest BCUT2D eigenvalue weighted by Gasteiger charge is -2.30. The van der Waals surface area contributed by atoms with Gasteiger partial charge in [-0.15, -0.1) is 0 Å². The van der Waals surface area contributed by atoms with Crippen LogP contribution in [0.4, 0.5) is 10.5 Å². The summed E-state index contributed by atoms with van der Waals surface area (Å²) in [4.78, 5) is 12.2. The number of amides is 2. The molecule has 21 heavy (non-hydrogen) atoms.